The maximum atomic E-state index is 13.2. The quantitative estimate of drug-likeness (QED) is 0.668. The number of carbonyl (C=O) groups excluding carboxylic acids is 1. The van der Waals surface area contributed by atoms with Gasteiger partial charge < -0.3 is 10.6 Å². The van der Waals surface area contributed by atoms with Gasteiger partial charge in [0.1, 0.15) is 34.0 Å². The Morgan fingerprint density at radius 3 is 2.86 bits per heavy atom. The van der Waals surface area contributed by atoms with E-state index in [2.05, 4.69) is 20.6 Å². The fourth-order valence-corrected chi connectivity index (χ4v) is 5.63. The highest BCUT2D eigenvalue weighted by Gasteiger charge is 2.38. The van der Waals surface area contributed by atoms with Crippen LogP contribution in [0, 0.1) is 0 Å². The number of hydrogen-bond donors (Lipinski definition) is 2. The molecule has 0 radical (unpaired) electrons. The van der Waals surface area contributed by atoms with Crippen LogP contribution in [0.15, 0.2) is 17.2 Å². The van der Waals surface area contributed by atoms with Gasteiger partial charge in [-0.25, -0.2) is 9.97 Å². The number of carbonyl (C=O) groups is 1. The average Bonchev–Trinajstić information content (AvgIpc) is 3.14. The van der Waals surface area contributed by atoms with Crippen molar-refractivity contribution in [3.05, 3.63) is 43.9 Å². The maximum absolute atomic E-state index is 13.2. The van der Waals surface area contributed by atoms with E-state index in [0.717, 1.165) is 29.5 Å². The van der Waals surface area contributed by atoms with Gasteiger partial charge in [-0.15, -0.1) is 11.3 Å². The maximum Gasteiger partial charge on any atom is 0.276 e. The van der Waals surface area contributed by atoms with Crippen molar-refractivity contribution in [3.63, 3.8) is 0 Å². The SMILES string of the molecule is CC1(C)NC(=O)c2c(Cl)cc(Nc3ncnc4sc5c(c34)CCCC5)c(=O)n21. The van der Waals surface area contributed by atoms with Crippen LogP contribution in [0.5, 0.6) is 0 Å². The van der Waals surface area contributed by atoms with Crippen LogP contribution in [-0.2, 0) is 18.5 Å². The molecule has 5 rings (SSSR count). The summed E-state index contributed by atoms with van der Waals surface area (Å²) in [5.41, 5.74) is 0.572. The van der Waals surface area contributed by atoms with Crippen molar-refractivity contribution in [2.24, 2.45) is 0 Å². The number of amides is 1. The summed E-state index contributed by atoms with van der Waals surface area (Å²) in [6.07, 6.45) is 5.89. The van der Waals surface area contributed by atoms with Crippen molar-refractivity contribution in [2.75, 3.05) is 5.32 Å². The summed E-state index contributed by atoms with van der Waals surface area (Å²) in [5, 5.41) is 7.17. The summed E-state index contributed by atoms with van der Waals surface area (Å²) in [7, 11) is 0. The fraction of sp³-hybridized carbons (Fsp3) is 0.368. The van der Waals surface area contributed by atoms with Gasteiger partial charge in [-0.1, -0.05) is 11.6 Å². The van der Waals surface area contributed by atoms with Crippen LogP contribution >= 0.6 is 22.9 Å². The fourth-order valence-electron chi connectivity index (χ4n) is 4.12. The molecule has 2 aliphatic rings. The summed E-state index contributed by atoms with van der Waals surface area (Å²) >= 11 is 8.05. The van der Waals surface area contributed by atoms with Crippen molar-refractivity contribution >= 4 is 50.6 Å². The molecule has 9 heteroatoms. The Balaban J connectivity index is 1.68. The monoisotopic (exact) mass is 415 g/mol. The Hall–Kier alpha value is -2.45. The van der Waals surface area contributed by atoms with E-state index in [1.165, 1.54) is 33.8 Å². The first-order valence-corrected chi connectivity index (χ1v) is 10.4. The predicted octanol–water partition coefficient (Wildman–Crippen LogP) is 3.56. The molecule has 1 aliphatic heterocycles. The predicted molar refractivity (Wildman–Crippen MR) is 110 cm³/mol. The van der Waals surface area contributed by atoms with Gasteiger partial charge in [-0.05, 0) is 51.2 Å². The summed E-state index contributed by atoms with van der Waals surface area (Å²) in [5.74, 6) is 0.253. The zero-order valence-electron chi connectivity index (χ0n) is 15.4. The van der Waals surface area contributed by atoms with E-state index in [9.17, 15) is 9.59 Å². The van der Waals surface area contributed by atoms with Crippen molar-refractivity contribution in [1.29, 1.82) is 0 Å². The first kappa shape index (κ1) is 17.6. The summed E-state index contributed by atoms with van der Waals surface area (Å²) in [6.45, 7) is 3.53. The highest BCUT2D eigenvalue weighted by Crippen LogP contribution is 2.39. The van der Waals surface area contributed by atoms with E-state index < -0.39 is 5.66 Å². The third kappa shape index (κ3) is 2.48. The molecule has 0 unspecified atom stereocenters. The first-order valence-electron chi connectivity index (χ1n) is 9.17. The minimum absolute atomic E-state index is 0.183. The topological polar surface area (TPSA) is 88.9 Å². The van der Waals surface area contributed by atoms with Crippen LogP contribution in [-0.4, -0.2) is 20.4 Å². The Morgan fingerprint density at radius 2 is 2.04 bits per heavy atom. The van der Waals surface area contributed by atoms with Crippen molar-refractivity contribution < 1.29 is 4.79 Å². The molecule has 0 spiro atoms. The number of pyridine rings is 1. The molecular formula is C19H18ClN5O2S. The van der Waals surface area contributed by atoms with Gasteiger partial charge >= 0.3 is 0 Å². The number of hydrogen-bond acceptors (Lipinski definition) is 6. The lowest BCUT2D eigenvalue weighted by molar-refractivity contribution is 0.0935. The number of nitrogens with one attached hydrogen (secondary N) is 2. The first-order chi connectivity index (χ1) is 13.4. The lowest BCUT2D eigenvalue weighted by Gasteiger charge is -2.22. The number of aromatic nitrogens is 3. The molecular weight excluding hydrogens is 398 g/mol. The lowest BCUT2D eigenvalue weighted by atomic mass is 9.97. The molecule has 28 heavy (non-hydrogen) atoms. The van der Waals surface area contributed by atoms with Crippen LogP contribution in [0.1, 0.15) is 47.6 Å². The third-order valence-corrected chi connectivity index (χ3v) is 6.84. The molecule has 0 aromatic carbocycles. The number of rotatable bonds is 2. The zero-order chi connectivity index (χ0) is 19.6. The van der Waals surface area contributed by atoms with E-state index in [1.807, 2.05) is 0 Å². The smallest absolute Gasteiger partial charge is 0.276 e. The zero-order valence-corrected chi connectivity index (χ0v) is 17.0. The van der Waals surface area contributed by atoms with E-state index in [1.54, 1.807) is 25.2 Å². The van der Waals surface area contributed by atoms with Crippen LogP contribution in [0.3, 0.4) is 0 Å². The summed E-state index contributed by atoms with van der Waals surface area (Å²) in [4.78, 5) is 36.5. The van der Waals surface area contributed by atoms with Crippen LogP contribution in [0.2, 0.25) is 5.02 Å². The van der Waals surface area contributed by atoms with Gasteiger partial charge in [0.05, 0.1) is 10.4 Å². The molecule has 3 aromatic heterocycles. The number of halogens is 1. The molecule has 4 heterocycles. The number of nitrogens with zero attached hydrogens (tertiary/aromatic N) is 3. The van der Waals surface area contributed by atoms with Crippen molar-refractivity contribution in [2.45, 2.75) is 45.2 Å². The van der Waals surface area contributed by atoms with Gasteiger partial charge in [0.2, 0.25) is 0 Å². The lowest BCUT2D eigenvalue weighted by Crippen LogP contribution is -2.42. The molecule has 1 amide bonds. The van der Waals surface area contributed by atoms with E-state index in [0.29, 0.717) is 5.82 Å². The van der Waals surface area contributed by atoms with Crippen LogP contribution in [0.25, 0.3) is 10.2 Å². The van der Waals surface area contributed by atoms with E-state index in [-0.39, 0.29) is 27.9 Å². The Morgan fingerprint density at radius 1 is 1.25 bits per heavy atom. The molecule has 0 fully saturated rings. The average molecular weight is 416 g/mol. The van der Waals surface area contributed by atoms with Gasteiger partial charge in [0, 0.05) is 4.88 Å². The highest BCUT2D eigenvalue weighted by molar-refractivity contribution is 7.19. The minimum Gasteiger partial charge on any atom is -0.335 e. The molecule has 1 aliphatic carbocycles. The van der Waals surface area contributed by atoms with Crippen molar-refractivity contribution in [3.8, 4) is 0 Å². The second kappa shape index (κ2) is 6.02. The largest absolute Gasteiger partial charge is 0.335 e. The molecule has 2 N–H and O–H groups in total. The second-order valence-corrected chi connectivity index (χ2v) is 9.14. The van der Waals surface area contributed by atoms with E-state index >= 15 is 0 Å². The number of anilines is 2. The molecule has 0 saturated carbocycles. The molecule has 3 aromatic rings. The van der Waals surface area contributed by atoms with Gasteiger partial charge in [-0.3, -0.25) is 14.2 Å². The Kier molecular flexibility index (Phi) is 3.79. The van der Waals surface area contributed by atoms with Crippen LogP contribution in [0.4, 0.5) is 11.5 Å². The van der Waals surface area contributed by atoms with E-state index in [4.69, 9.17) is 11.6 Å². The summed E-state index contributed by atoms with van der Waals surface area (Å²) in [6, 6.07) is 1.50. The van der Waals surface area contributed by atoms with Gasteiger partial charge in [-0.2, -0.15) is 0 Å². The van der Waals surface area contributed by atoms with Gasteiger partial charge in [0.15, 0.2) is 0 Å². The molecule has 0 saturated heterocycles. The Bertz CT molecular complexity index is 1210. The second-order valence-electron chi connectivity index (χ2n) is 7.65. The molecule has 7 nitrogen and oxygen atoms in total. The number of aryl methyl sites for hydroxylation is 2. The Labute approximate surface area is 169 Å². The number of thiophene rings is 1. The third-order valence-electron chi connectivity index (χ3n) is 5.35. The van der Waals surface area contributed by atoms with Crippen LogP contribution < -0.4 is 16.2 Å². The molecule has 0 atom stereocenters. The standard InChI is InChI=1S/C19H18ClN5O2S/c1-19(2)24-16(26)14-10(20)7-11(18(27)25(14)19)23-15-13-9-5-3-4-6-12(9)28-17(13)22-8-21-15/h7-8H,3-6H2,1-2H3,(H,24,26)(H,21,22,23). The normalized spacial score (nSPS) is 17.3. The molecule has 0 bridgehead atoms. The summed E-state index contributed by atoms with van der Waals surface area (Å²) < 4.78 is 1.40. The molecule has 144 valence electrons. The minimum atomic E-state index is -0.854. The number of fused-ring (bicyclic) bond motifs is 4. The highest BCUT2D eigenvalue weighted by atomic mass is 35.5. The van der Waals surface area contributed by atoms with Gasteiger partial charge in [0.25, 0.3) is 11.5 Å². The van der Waals surface area contributed by atoms with Crippen molar-refractivity contribution in [1.82, 2.24) is 19.9 Å².